The van der Waals surface area contributed by atoms with Crippen LogP contribution >= 0.6 is 43.6 Å². The summed E-state index contributed by atoms with van der Waals surface area (Å²) in [7, 11) is 0. The summed E-state index contributed by atoms with van der Waals surface area (Å²) in [6.07, 6.45) is 2.83. The molecule has 3 aromatic rings. The van der Waals surface area contributed by atoms with Gasteiger partial charge >= 0.3 is 0 Å². The third kappa shape index (κ3) is 6.16. The maximum atomic E-state index is 12.5. The molecule has 3 aromatic carbocycles. The first kappa shape index (κ1) is 23.8. The molecule has 0 saturated carbocycles. The highest BCUT2D eigenvalue weighted by atomic mass is 79.9. The molecule has 0 spiro atoms. The van der Waals surface area contributed by atoms with E-state index in [-0.39, 0.29) is 5.91 Å². The van der Waals surface area contributed by atoms with Crippen LogP contribution in [-0.4, -0.2) is 11.1 Å². The van der Waals surface area contributed by atoms with Crippen LogP contribution in [0.4, 0.5) is 5.69 Å². The number of nitrogens with one attached hydrogen (secondary N) is 1. The zero-order chi connectivity index (χ0) is 23.4. The molecule has 0 atom stereocenters. The normalized spacial score (nSPS) is 15.8. The lowest BCUT2D eigenvalue weighted by molar-refractivity contribution is -0.115. The van der Waals surface area contributed by atoms with Gasteiger partial charge < -0.3 is 10.1 Å². The van der Waals surface area contributed by atoms with Gasteiger partial charge in [-0.25, -0.2) is 4.99 Å². The van der Waals surface area contributed by atoms with Crippen molar-refractivity contribution in [2.45, 2.75) is 26.9 Å². The van der Waals surface area contributed by atoms with E-state index in [2.05, 4.69) is 80.3 Å². The standard InChI is InChI=1S/C26H22Br2N2O2S/c1-3-17-7-9-20(10-8-17)29-26-30-25(31)23(33-26)14-19-12-21(27)24(22(28)13-19)32-15-18-6-4-5-16(2)11-18/h4-14H,3,15H2,1-2H3,(H,29,30,31)/b23-14-. The molecule has 4 rings (SSSR count). The molecule has 0 aromatic heterocycles. The molecular weight excluding hydrogens is 564 g/mol. The van der Waals surface area contributed by atoms with E-state index in [0.717, 1.165) is 37.9 Å². The van der Waals surface area contributed by atoms with Gasteiger partial charge in [-0.3, -0.25) is 4.79 Å². The highest BCUT2D eigenvalue weighted by Gasteiger charge is 2.24. The van der Waals surface area contributed by atoms with Crippen LogP contribution in [0.15, 0.2) is 79.5 Å². The molecule has 168 valence electrons. The van der Waals surface area contributed by atoms with Crippen LogP contribution in [-0.2, 0) is 17.8 Å². The van der Waals surface area contributed by atoms with Gasteiger partial charge in [-0.05, 0) is 104 Å². The van der Waals surface area contributed by atoms with E-state index in [1.54, 1.807) is 0 Å². The molecule has 1 aliphatic heterocycles. The van der Waals surface area contributed by atoms with E-state index in [0.29, 0.717) is 16.7 Å². The monoisotopic (exact) mass is 584 g/mol. The first-order valence-electron chi connectivity index (χ1n) is 10.5. The molecule has 4 nitrogen and oxygen atoms in total. The molecule has 33 heavy (non-hydrogen) atoms. The highest BCUT2D eigenvalue weighted by molar-refractivity contribution is 9.11. The fourth-order valence-electron chi connectivity index (χ4n) is 3.31. The van der Waals surface area contributed by atoms with Crippen molar-refractivity contribution < 1.29 is 9.53 Å². The first-order valence-corrected chi connectivity index (χ1v) is 12.9. The maximum Gasteiger partial charge on any atom is 0.264 e. The Balaban J connectivity index is 1.49. The number of thioether (sulfide) groups is 1. The molecule has 1 heterocycles. The van der Waals surface area contributed by atoms with E-state index >= 15 is 0 Å². The van der Waals surface area contributed by atoms with Gasteiger partial charge in [0, 0.05) is 0 Å². The van der Waals surface area contributed by atoms with Crippen LogP contribution in [0.3, 0.4) is 0 Å². The van der Waals surface area contributed by atoms with E-state index in [4.69, 9.17) is 4.74 Å². The van der Waals surface area contributed by atoms with Crippen LogP contribution in [0.1, 0.15) is 29.2 Å². The lowest BCUT2D eigenvalue weighted by Gasteiger charge is -2.12. The topological polar surface area (TPSA) is 50.7 Å². The Kier molecular flexibility index (Phi) is 7.73. The molecule has 0 unspecified atom stereocenters. The summed E-state index contributed by atoms with van der Waals surface area (Å²) in [5, 5.41) is 3.42. The second kappa shape index (κ2) is 10.7. The van der Waals surface area contributed by atoms with Gasteiger partial charge in [0.05, 0.1) is 19.5 Å². The van der Waals surface area contributed by atoms with Crippen molar-refractivity contribution in [3.63, 3.8) is 0 Å². The average molecular weight is 586 g/mol. The van der Waals surface area contributed by atoms with Gasteiger partial charge in [0.1, 0.15) is 12.4 Å². The number of carbonyl (C=O) groups excluding carboxylic acids is 1. The molecule has 1 amide bonds. The van der Waals surface area contributed by atoms with Crippen LogP contribution in [0, 0.1) is 6.92 Å². The number of amidine groups is 1. The second-order valence-electron chi connectivity index (χ2n) is 7.59. The van der Waals surface area contributed by atoms with Crippen LogP contribution in [0.5, 0.6) is 5.75 Å². The van der Waals surface area contributed by atoms with Crippen molar-refractivity contribution in [2.24, 2.45) is 4.99 Å². The van der Waals surface area contributed by atoms with Crippen molar-refractivity contribution in [3.8, 4) is 5.75 Å². The number of carbonyl (C=O) groups is 1. The largest absolute Gasteiger partial charge is 0.487 e. The van der Waals surface area contributed by atoms with Gasteiger partial charge in [-0.2, -0.15) is 0 Å². The number of aliphatic imine (C=N–C) groups is 1. The molecule has 0 bridgehead atoms. The quantitative estimate of drug-likeness (QED) is 0.304. The smallest absolute Gasteiger partial charge is 0.264 e. The minimum absolute atomic E-state index is 0.157. The summed E-state index contributed by atoms with van der Waals surface area (Å²) in [5.74, 6) is 0.566. The van der Waals surface area contributed by atoms with Gasteiger partial charge in [-0.15, -0.1) is 0 Å². The van der Waals surface area contributed by atoms with Crippen molar-refractivity contribution in [3.05, 3.63) is 96.8 Å². The highest BCUT2D eigenvalue weighted by Crippen LogP contribution is 2.37. The summed E-state index contributed by atoms with van der Waals surface area (Å²) in [4.78, 5) is 17.6. The number of rotatable bonds is 6. The van der Waals surface area contributed by atoms with Gasteiger partial charge in [-0.1, -0.05) is 48.9 Å². The number of nitrogens with zero attached hydrogens (tertiary/aromatic N) is 1. The Morgan fingerprint density at radius 1 is 1.03 bits per heavy atom. The molecule has 1 saturated heterocycles. The van der Waals surface area contributed by atoms with Crippen molar-refractivity contribution in [1.29, 1.82) is 0 Å². The van der Waals surface area contributed by atoms with Crippen molar-refractivity contribution >= 4 is 66.5 Å². The minimum atomic E-state index is -0.157. The van der Waals surface area contributed by atoms with Crippen LogP contribution < -0.4 is 10.1 Å². The Morgan fingerprint density at radius 2 is 1.76 bits per heavy atom. The third-order valence-electron chi connectivity index (χ3n) is 5.01. The fraction of sp³-hybridized carbons (Fsp3) is 0.154. The van der Waals surface area contributed by atoms with Gasteiger partial charge in [0.15, 0.2) is 5.17 Å². The Hall–Kier alpha value is -2.35. The van der Waals surface area contributed by atoms with E-state index in [1.165, 1.54) is 22.9 Å². The zero-order valence-corrected chi connectivity index (χ0v) is 22.2. The summed E-state index contributed by atoms with van der Waals surface area (Å²) < 4.78 is 7.66. The lowest BCUT2D eigenvalue weighted by atomic mass is 10.1. The summed E-state index contributed by atoms with van der Waals surface area (Å²) in [6, 6.07) is 20.1. The number of aryl methyl sites for hydroxylation is 2. The molecule has 0 radical (unpaired) electrons. The zero-order valence-electron chi connectivity index (χ0n) is 18.2. The van der Waals surface area contributed by atoms with Crippen molar-refractivity contribution in [2.75, 3.05) is 0 Å². The SMILES string of the molecule is CCc1ccc(N=C2NC(=O)/C(=C/c3cc(Br)c(OCc4cccc(C)c4)c(Br)c3)S2)cc1. The Labute approximate surface area is 214 Å². The maximum absolute atomic E-state index is 12.5. The lowest BCUT2D eigenvalue weighted by Crippen LogP contribution is -2.19. The van der Waals surface area contributed by atoms with E-state index < -0.39 is 0 Å². The number of ether oxygens (including phenoxy) is 1. The molecule has 7 heteroatoms. The number of halogens is 2. The molecule has 0 aliphatic carbocycles. The molecule has 1 N–H and O–H groups in total. The number of hydrogen-bond donors (Lipinski definition) is 1. The summed E-state index contributed by atoms with van der Waals surface area (Å²) in [5.41, 5.74) is 5.25. The average Bonchev–Trinajstić information content (AvgIpc) is 3.12. The van der Waals surface area contributed by atoms with Gasteiger partial charge in [0.25, 0.3) is 5.91 Å². The molecule has 1 aliphatic rings. The predicted octanol–water partition coefficient (Wildman–Crippen LogP) is 7.55. The molecular formula is C26H22Br2N2O2S. The van der Waals surface area contributed by atoms with Gasteiger partial charge in [0.2, 0.25) is 0 Å². The minimum Gasteiger partial charge on any atom is -0.487 e. The molecule has 1 fully saturated rings. The third-order valence-corrected chi connectivity index (χ3v) is 7.10. The van der Waals surface area contributed by atoms with Crippen LogP contribution in [0.2, 0.25) is 0 Å². The van der Waals surface area contributed by atoms with Crippen molar-refractivity contribution in [1.82, 2.24) is 5.32 Å². The van der Waals surface area contributed by atoms with E-state index in [1.807, 2.05) is 42.5 Å². The number of hydrogen-bond acceptors (Lipinski definition) is 4. The summed E-state index contributed by atoms with van der Waals surface area (Å²) in [6.45, 7) is 4.65. The second-order valence-corrected chi connectivity index (χ2v) is 10.3. The predicted molar refractivity (Wildman–Crippen MR) is 144 cm³/mol. The number of benzene rings is 3. The summed E-state index contributed by atoms with van der Waals surface area (Å²) >= 11 is 8.54. The van der Waals surface area contributed by atoms with E-state index in [9.17, 15) is 4.79 Å². The Bertz CT molecular complexity index is 1230. The van der Waals surface area contributed by atoms with Crippen LogP contribution in [0.25, 0.3) is 6.08 Å². The Morgan fingerprint density at radius 3 is 2.42 bits per heavy atom. The fourth-order valence-corrected chi connectivity index (χ4v) is 5.61. The first-order chi connectivity index (χ1) is 15.9. The number of amides is 1.